The van der Waals surface area contributed by atoms with Crippen molar-refractivity contribution in [2.75, 3.05) is 56.2 Å². The first kappa shape index (κ1) is 22.3. The number of nitrogens with zero attached hydrogens (tertiary/aromatic N) is 3. The molecule has 0 radical (unpaired) electrons. The number of halogens is 1. The van der Waals surface area contributed by atoms with E-state index in [1.165, 1.54) is 25.0 Å². The second-order valence-corrected chi connectivity index (χ2v) is 8.58. The smallest absolute Gasteiger partial charge is 0.414 e. The second-order valence-electron chi connectivity index (χ2n) is 8.58. The number of anilines is 2. The molecule has 3 fully saturated rings. The summed E-state index contributed by atoms with van der Waals surface area (Å²) in [5.41, 5.74) is 0.875. The van der Waals surface area contributed by atoms with Gasteiger partial charge < -0.3 is 24.6 Å². The van der Waals surface area contributed by atoms with Crippen LogP contribution in [0.15, 0.2) is 18.2 Å². The van der Waals surface area contributed by atoms with Gasteiger partial charge in [-0.25, -0.2) is 9.18 Å². The van der Waals surface area contributed by atoms with Crippen molar-refractivity contribution in [2.45, 2.75) is 31.9 Å². The molecule has 0 aromatic heterocycles. The second kappa shape index (κ2) is 9.32. The van der Waals surface area contributed by atoms with Gasteiger partial charge >= 0.3 is 6.09 Å². The Bertz CT molecular complexity index is 897. The van der Waals surface area contributed by atoms with Crippen molar-refractivity contribution in [2.24, 2.45) is 5.92 Å². The van der Waals surface area contributed by atoms with Gasteiger partial charge in [-0.1, -0.05) is 0 Å². The first-order chi connectivity index (χ1) is 15.4. The molecule has 10 heteroatoms. The summed E-state index contributed by atoms with van der Waals surface area (Å²) in [7, 11) is 1.51. The highest BCUT2D eigenvalue weighted by Crippen LogP contribution is 2.36. The van der Waals surface area contributed by atoms with Crippen LogP contribution in [0.25, 0.3) is 0 Å². The fourth-order valence-electron chi connectivity index (χ4n) is 4.91. The first-order valence-electron chi connectivity index (χ1n) is 10.9. The third-order valence-corrected chi connectivity index (χ3v) is 6.41. The van der Waals surface area contributed by atoms with Crippen LogP contribution in [0.3, 0.4) is 0 Å². The maximum atomic E-state index is 15.1. The Hall–Kier alpha value is -2.88. The quantitative estimate of drug-likeness (QED) is 0.707. The Morgan fingerprint density at radius 2 is 2.09 bits per heavy atom. The lowest BCUT2D eigenvalue weighted by atomic mass is 9.92. The number of fused-ring (bicyclic) bond motifs is 1. The summed E-state index contributed by atoms with van der Waals surface area (Å²) in [5.74, 6) is -0.356. The van der Waals surface area contributed by atoms with Crippen LogP contribution in [0, 0.1) is 11.7 Å². The highest BCUT2D eigenvalue weighted by Gasteiger charge is 2.41. The number of ether oxygens (including phenoxy) is 2. The molecule has 2 unspecified atom stereocenters. The van der Waals surface area contributed by atoms with Crippen LogP contribution in [0.5, 0.6) is 0 Å². The summed E-state index contributed by atoms with van der Waals surface area (Å²) in [4.78, 5) is 40.9. The number of piperidine rings is 1. The lowest BCUT2D eigenvalue weighted by Gasteiger charge is -2.36. The number of hydrogen-bond acceptors (Lipinski definition) is 6. The normalized spacial score (nSPS) is 25.0. The number of benzene rings is 1. The molecule has 3 aliphatic heterocycles. The van der Waals surface area contributed by atoms with Gasteiger partial charge in [-0.3, -0.25) is 14.5 Å². The van der Waals surface area contributed by atoms with Crippen molar-refractivity contribution >= 4 is 29.3 Å². The summed E-state index contributed by atoms with van der Waals surface area (Å²) >= 11 is 0. The van der Waals surface area contributed by atoms with Crippen molar-refractivity contribution in [3.63, 3.8) is 0 Å². The van der Waals surface area contributed by atoms with E-state index in [-0.39, 0.29) is 37.6 Å². The highest BCUT2D eigenvalue weighted by atomic mass is 19.1. The van der Waals surface area contributed by atoms with E-state index in [1.54, 1.807) is 12.1 Å². The van der Waals surface area contributed by atoms with Crippen LogP contribution in [0.1, 0.15) is 19.8 Å². The standard InChI is InChI=1S/C22H29FN4O5/c1-14(28)24-9-17-11-27(22(30)32-17)16-5-6-19(18(23)8-16)25-10-15-4-3-7-26(20(15)12-25)21(29)13-31-2/h5-6,8,15,17,20H,3-4,7,9-13H2,1-2H3,(H,24,28)/t15?,17?,20-/m1/s1. The van der Waals surface area contributed by atoms with Crippen LogP contribution < -0.4 is 15.1 Å². The van der Waals surface area contributed by atoms with Gasteiger partial charge in [-0.2, -0.15) is 0 Å². The molecule has 32 heavy (non-hydrogen) atoms. The van der Waals surface area contributed by atoms with E-state index in [9.17, 15) is 14.4 Å². The summed E-state index contributed by atoms with van der Waals surface area (Å²) in [5, 5.41) is 2.62. The van der Waals surface area contributed by atoms with E-state index >= 15 is 4.39 Å². The largest absolute Gasteiger partial charge is 0.442 e. The van der Waals surface area contributed by atoms with E-state index in [1.807, 2.05) is 9.80 Å². The molecule has 1 aromatic carbocycles. The minimum atomic E-state index is -0.563. The molecule has 0 spiro atoms. The molecule has 1 N–H and O–H groups in total. The molecule has 3 amide bonds. The zero-order valence-corrected chi connectivity index (χ0v) is 18.4. The van der Waals surface area contributed by atoms with Gasteiger partial charge in [0.15, 0.2) is 0 Å². The molecule has 174 valence electrons. The number of rotatable bonds is 6. The summed E-state index contributed by atoms with van der Waals surface area (Å²) < 4.78 is 25.4. The molecule has 0 aliphatic carbocycles. The molecule has 3 aliphatic rings. The molecular formula is C22H29FN4O5. The molecule has 0 bridgehead atoms. The van der Waals surface area contributed by atoms with E-state index < -0.39 is 18.0 Å². The molecule has 9 nitrogen and oxygen atoms in total. The monoisotopic (exact) mass is 448 g/mol. The molecule has 0 saturated carbocycles. The van der Waals surface area contributed by atoms with Crippen LogP contribution in [0.4, 0.5) is 20.6 Å². The van der Waals surface area contributed by atoms with Crippen LogP contribution in [0.2, 0.25) is 0 Å². The van der Waals surface area contributed by atoms with Crippen molar-refractivity contribution in [3.8, 4) is 0 Å². The molecule has 3 heterocycles. The fourth-order valence-corrected chi connectivity index (χ4v) is 4.91. The molecule has 3 saturated heterocycles. The zero-order valence-electron chi connectivity index (χ0n) is 18.4. The Labute approximate surface area is 186 Å². The van der Waals surface area contributed by atoms with Crippen molar-refractivity contribution < 1.29 is 28.2 Å². The van der Waals surface area contributed by atoms with Crippen LogP contribution in [-0.4, -0.2) is 81.4 Å². The highest BCUT2D eigenvalue weighted by molar-refractivity contribution is 5.90. The van der Waals surface area contributed by atoms with Gasteiger partial charge in [-0.05, 0) is 37.0 Å². The topological polar surface area (TPSA) is 91.4 Å². The van der Waals surface area contributed by atoms with Crippen molar-refractivity contribution in [1.82, 2.24) is 10.2 Å². The predicted molar refractivity (Wildman–Crippen MR) is 115 cm³/mol. The van der Waals surface area contributed by atoms with E-state index in [4.69, 9.17) is 9.47 Å². The molecule has 3 atom stereocenters. The van der Waals surface area contributed by atoms with Crippen molar-refractivity contribution in [1.29, 1.82) is 0 Å². The lowest BCUT2D eigenvalue weighted by molar-refractivity contribution is -0.139. The maximum absolute atomic E-state index is 15.1. The minimum absolute atomic E-state index is 0.0266. The first-order valence-corrected chi connectivity index (χ1v) is 10.9. The van der Waals surface area contributed by atoms with Gasteiger partial charge in [0, 0.05) is 33.7 Å². The Morgan fingerprint density at radius 3 is 2.81 bits per heavy atom. The van der Waals surface area contributed by atoms with E-state index in [2.05, 4.69) is 5.32 Å². The Balaban J connectivity index is 1.44. The summed E-state index contributed by atoms with van der Waals surface area (Å²) in [6.07, 6.45) is 0.897. The Kier molecular flexibility index (Phi) is 6.50. The van der Waals surface area contributed by atoms with E-state index in [0.717, 1.165) is 12.8 Å². The molecule has 1 aromatic rings. The van der Waals surface area contributed by atoms with Gasteiger partial charge in [0.25, 0.3) is 0 Å². The third kappa shape index (κ3) is 4.50. The number of carbonyl (C=O) groups excluding carboxylic acids is 3. The number of likely N-dealkylation sites (tertiary alicyclic amines) is 1. The SMILES string of the molecule is COCC(=O)N1CCCC2CN(c3ccc(N4CC(CNC(C)=O)OC4=O)cc3F)C[C@H]21. The lowest BCUT2D eigenvalue weighted by Crippen LogP contribution is -2.49. The predicted octanol–water partition coefficient (Wildman–Crippen LogP) is 1.36. The number of methoxy groups -OCH3 is 1. The van der Waals surface area contributed by atoms with Crippen LogP contribution in [-0.2, 0) is 19.1 Å². The fraction of sp³-hybridized carbons (Fsp3) is 0.591. The number of nitrogens with one attached hydrogen (secondary N) is 1. The Morgan fingerprint density at radius 1 is 1.28 bits per heavy atom. The number of hydrogen-bond donors (Lipinski definition) is 1. The van der Waals surface area contributed by atoms with Crippen LogP contribution >= 0.6 is 0 Å². The zero-order chi connectivity index (χ0) is 22.8. The summed E-state index contributed by atoms with van der Waals surface area (Å²) in [6, 6.07) is 4.77. The number of carbonyl (C=O) groups is 3. The number of amides is 3. The average Bonchev–Trinajstić information content (AvgIpc) is 3.35. The van der Waals surface area contributed by atoms with Gasteiger partial charge in [0.05, 0.1) is 30.5 Å². The van der Waals surface area contributed by atoms with Gasteiger partial charge in [-0.15, -0.1) is 0 Å². The van der Waals surface area contributed by atoms with Gasteiger partial charge in [0.2, 0.25) is 11.8 Å². The number of cyclic esters (lactones) is 1. The average molecular weight is 448 g/mol. The van der Waals surface area contributed by atoms with Gasteiger partial charge in [0.1, 0.15) is 18.5 Å². The minimum Gasteiger partial charge on any atom is -0.442 e. The molecular weight excluding hydrogens is 419 g/mol. The molecule has 4 rings (SSSR count). The maximum Gasteiger partial charge on any atom is 0.414 e. The summed E-state index contributed by atoms with van der Waals surface area (Å²) in [6.45, 7) is 3.86. The third-order valence-electron chi connectivity index (χ3n) is 6.41. The van der Waals surface area contributed by atoms with E-state index in [0.29, 0.717) is 36.9 Å². The van der Waals surface area contributed by atoms with Crippen molar-refractivity contribution in [3.05, 3.63) is 24.0 Å².